The number of hydrogen-bond acceptors (Lipinski definition) is 3. The van der Waals surface area contributed by atoms with Crippen molar-refractivity contribution in [1.29, 1.82) is 0 Å². The number of hydrogen-bond donors (Lipinski definition) is 2. The van der Waals surface area contributed by atoms with E-state index in [0.717, 1.165) is 11.3 Å². The zero-order valence-electron chi connectivity index (χ0n) is 11.8. The Bertz CT molecular complexity index is 624. The number of nitrogens with one attached hydrogen (secondary N) is 1. The molecule has 3 rings (SSSR count). The minimum Gasteiger partial charge on any atom is -0.508 e. The van der Waals surface area contributed by atoms with Crippen LogP contribution >= 0.6 is 0 Å². The first-order chi connectivity index (χ1) is 9.65. The molecule has 0 saturated heterocycles. The predicted molar refractivity (Wildman–Crippen MR) is 79.1 cm³/mol. The average Bonchev–Trinajstić information content (AvgIpc) is 2.81. The van der Waals surface area contributed by atoms with E-state index in [1.165, 1.54) is 11.1 Å². The van der Waals surface area contributed by atoms with E-state index < -0.39 is 0 Å². The first-order valence-corrected chi connectivity index (χ1v) is 6.92. The van der Waals surface area contributed by atoms with Crippen LogP contribution in [0.5, 0.6) is 11.5 Å². The highest BCUT2D eigenvalue weighted by atomic mass is 16.5. The molecule has 2 N–H and O–H groups in total. The average molecular weight is 269 g/mol. The summed E-state index contributed by atoms with van der Waals surface area (Å²) in [5.41, 5.74) is 3.71. The third kappa shape index (κ3) is 2.37. The van der Waals surface area contributed by atoms with Gasteiger partial charge in [0.2, 0.25) is 0 Å². The Morgan fingerprint density at radius 3 is 2.85 bits per heavy atom. The Balaban J connectivity index is 1.79. The van der Waals surface area contributed by atoms with Gasteiger partial charge in [0.1, 0.15) is 18.1 Å². The van der Waals surface area contributed by atoms with Crippen molar-refractivity contribution in [2.45, 2.75) is 25.9 Å². The van der Waals surface area contributed by atoms with E-state index >= 15 is 0 Å². The van der Waals surface area contributed by atoms with Crippen molar-refractivity contribution < 1.29 is 9.84 Å². The van der Waals surface area contributed by atoms with Gasteiger partial charge in [-0.1, -0.05) is 24.3 Å². The summed E-state index contributed by atoms with van der Waals surface area (Å²) in [4.78, 5) is 0. The van der Waals surface area contributed by atoms with Crippen LogP contribution in [0.3, 0.4) is 0 Å². The van der Waals surface area contributed by atoms with Crippen LogP contribution in [0.1, 0.15) is 35.7 Å². The number of ether oxygens (including phenoxy) is 1. The van der Waals surface area contributed by atoms with Crippen LogP contribution in [0, 0.1) is 6.92 Å². The molecule has 20 heavy (non-hydrogen) atoms. The third-order valence-corrected chi connectivity index (χ3v) is 3.88. The van der Waals surface area contributed by atoms with E-state index in [-0.39, 0.29) is 17.8 Å². The quantitative estimate of drug-likeness (QED) is 0.896. The Kier molecular flexibility index (Phi) is 3.36. The molecule has 0 bridgehead atoms. The van der Waals surface area contributed by atoms with Crippen molar-refractivity contribution in [2.24, 2.45) is 0 Å². The molecule has 1 aliphatic heterocycles. The second-order valence-electron chi connectivity index (χ2n) is 5.33. The highest BCUT2D eigenvalue weighted by molar-refractivity contribution is 5.44. The van der Waals surface area contributed by atoms with Gasteiger partial charge in [-0.25, -0.2) is 0 Å². The van der Waals surface area contributed by atoms with Crippen molar-refractivity contribution in [1.82, 2.24) is 5.32 Å². The second kappa shape index (κ2) is 5.17. The van der Waals surface area contributed by atoms with E-state index in [1.54, 1.807) is 12.1 Å². The molecular weight excluding hydrogens is 250 g/mol. The smallest absolute Gasteiger partial charge is 0.127 e. The molecular formula is C17H19NO2. The first-order valence-electron chi connectivity index (χ1n) is 6.92. The Hall–Kier alpha value is -2.00. The van der Waals surface area contributed by atoms with E-state index in [9.17, 15) is 5.11 Å². The maximum Gasteiger partial charge on any atom is 0.127 e. The number of benzene rings is 2. The number of phenolic OH excluding ortho intramolecular Hbond substituents is 1. The largest absolute Gasteiger partial charge is 0.508 e. The lowest BCUT2D eigenvalue weighted by atomic mass is 10.0. The van der Waals surface area contributed by atoms with Crippen molar-refractivity contribution in [3.8, 4) is 11.5 Å². The second-order valence-corrected chi connectivity index (χ2v) is 5.33. The van der Waals surface area contributed by atoms with Gasteiger partial charge in [-0.3, -0.25) is 0 Å². The molecule has 0 aromatic heterocycles. The van der Waals surface area contributed by atoms with Crippen LogP contribution in [-0.2, 0) is 0 Å². The molecule has 3 heteroatoms. The van der Waals surface area contributed by atoms with E-state index in [4.69, 9.17) is 4.74 Å². The standard InChI is InChI=1S/C17H19NO2/c1-11-5-3-4-6-14(11)12(2)18-16-10-20-17-9-13(19)7-8-15(16)17/h3-9,12,16,18-19H,10H2,1-2H3. The zero-order valence-corrected chi connectivity index (χ0v) is 11.8. The van der Waals surface area contributed by atoms with Crippen molar-refractivity contribution >= 4 is 0 Å². The fraction of sp³-hybridized carbons (Fsp3) is 0.294. The lowest BCUT2D eigenvalue weighted by Crippen LogP contribution is -2.26. The topological polar surface area (TPSA) is 41.5 Å². The molecule has 0 aliphatic carbocycles. The number of aryl methyl sites for hydroxylation is 1. The van der Waals surface area contributed by atoms with Gasteiger partial charge in [0.05, 0.1) is 6.04 Å². The van der Waals surface area contributed by atoms with Crippen molar-refractivity contribution in [2.75, 3.05) is 6.61 Å². The maximum atomic E-state index is 9.48. The molecule has 2 aromatic carbocycles. The summed E-state index contributed by atoms with van der Waals surface area (Å²) in [7, 11) is 0. The number of aromatic hydroxyl groups is 1. The van der Waals surface area contributed by atoms with Gasteiger partial charge >= 0.3 is 0 Å². The van der Waals surface area contributed by atoms with Crippen LogP contribution in [0.25, 0.3) is 0 Å². The van der Waals surface area contributed by atoms with E-state index in [2.05, 4.69) is 43.4 Å². The SMILES string of the molecule is Cc1ccccc1C(C)NC1COc2cc(O)ccc21. The molecule has 0 saturated carbocycles. The van der Waals surface area contributed by atoms with Gasteiger partial charge in [0.15, 0.2) is 0 Å². The Morgan fingerprint density at radius 2 is 2.05 bits per heavy atom. The summed E-state index contributed by atoms with van der Waals surface area (Å²) < 4.78 is 5.64. The van der Waals surface area contributed by atoms with Crippen molar-refractivity contribution in [3.63, 3.8) is 0 Å². The Labute approximate surface area is 119 Å². The van der Waals surface area contributed by atoms with E-state index in [1.807, 2.05) is 6.07 Å². The van der Waals surface area contributed by atoms with E-state index in [0.29, 0.717) is 6.61 Å². The van der Waals surface area contributed by atoms with Gasteiger partial charge in [0.25, 0.3) is 0 Å². The Morgan fingerprint density at radius 1 is 1.25 bits per heavy atom. The van der Waals surface area contributed by atoms with Crippen LogP contribution in [0.15, 0.2) is 42.5 Å². The van der Waals surface area contributed by atoms with Crippen LogP contribution in [-0.4, -0.2) is 11.7 Å². The molecule has 1 heterocycles. The lowest BCUT2D eigenvalue weighted by Gasteiger charge is -2.20. The fourth-order valence-electron chi connectivity index (χ4n) is 2.80. The number of fused-ring (bicyclic) bond motifs is 1. The third-order valence-electron chi connectivity index (χ3n) is 3.88. The minimum atomic E-state index is 0.167. The predicted octanol–water partition coefficient (Wildman–Crippen LogP) is 3.48. The van der Waals surface area contributed by atoms with Crippen LogP contribution < -0.4 is 10.1 Å². The van der Waals surface area contributed by atoms with Gasteiger partial charge in [0, 0.05) is 17.7 Å². The summed E-state index contributed by atoms with van der Waals surface area (Å²) in [5.74, 6) is 1.02. The zero-order chi connectivity index (χ0) is 14.1. The molecule has 1 aliphatic rings. The summed E-state index contributed by atoms with van der Waals surface area (Å²) in [6.07, 6.45) is 0. The first kappa shape index (κ1) is 13.0. The van der Waals surface area contributed by atoms with Crippen LogP contribution in [0.2, 0.25) is 0 Å². The summed E-state index contributed by atoms with van der Waals surface area (Å²) in [6, 6.07) is 14.1. The fourth-order valence-corrected chi connectivity index (χ4v) is 2.80. The number of phenols is 1. The minimum absolute atomic E-state index is 0.167. The summed E-state index contributed by atoms with van der Waals surface area (Å²) in [6.45, 7) is 4.90. The van der Waals surface area contributed by atoms with Gasteiger partial charge in [-0.05, 0) is 37.1 Å². The monoisotopic (exact) mass is 269 g/mol. The van der Waals surface area contributed by atoms with Gasteiger partial charge < -0.3 is 15.2 Å². The molecule has 3 nitrogen and oxygen atoms in total. The molecule has 0 radical (unpaired) electrons. The molecule has 104 valence electrons. The molecule has 2 atom stereocenters. The summed E-state index contributed by atoms with van der Waals surface area (Å²) in [5, 5.41) is 13.1. The molecule has 0 spiro atoms. The lowest BCUT2D eigenvalue weighted by molar-refractivity contribution is 0.300. The molecule has 0 amide bonds. The van der Waals surface area contributed by atoms with Gasteiger partial charge in [-0.2, -0.15) is 0 Å². The van der Waals surface area contributed by atoms with Gasteiger partial charge in [-0.15, -0.1) is 0 Å². The molecule has 2 unspecified atom stereocenters. The number of rotatable bonds is 3. The highest BCUT2D eigenvalue weighted by Gasteiger charge is 2.26. The van der Waals surface area contributed by atoms with Crippen LogP contribution in [0.4, 0.5) is 0 Å². The summed E-state index contributed by atoms with van der Waals surface area (Å²) >= 11 is 0. The normalized spacial score (nSPS) is 18.4. The van der Waals surface area contributed by atoms with Crippen molar-refractivity contribution in [3.05, 3.63) is 59.2 Å². The molecule has 2 aromatic rings. The molecule has 0 fully saturated rings. The highest BCUT2D eigenvalue weighted by Crippen LogP contribution is 2.36. The maximum absolute atomic E-state index is 9.48.